The van der Waals surface area contributed by atoms with Gasteiger partial charge in [-0.1, -0.05) is 0 Å². The number of sulfonamides is 1. The van der Waals surface area contributed by atoms with Gasteiger partial charge in [0.2, 0.25) is 16.0 Å². The molecule has 2 saturated heterocycles. The summed E-state index contributed by atoms with van der Waals surface area (Å²) in [6.45, 7) is 3.06. The quantitative estimate of drug-likeness (QED) is 0.790. The molecule has 0 aromatic carbocycles. The van der Waals surface area contributed by atoms with Gasteiger partial charge in [0.25, 0.3) is 0 Å². The molecular formula is C15H23FN4O3S. The van der Waals surface area contributed by atoms with Gasteiger partial charge in [0.15, 0.2) is 5.82 Å². The van der Waals surface area contributed by atoms with Crippen molar-refractivity contribution in [3.05, 3.63) is 18.2 Å². The van der Waals surface area contributed by atoms with E-state index in [9.17, 15) is 12.8 Å². The first-order valence-electron chi connectivity index (χ1n) is 8.01. The maximum absolute atomic E-state index is 13.0. The van der Waals surface area contributed by atoms with Crippen molar-refractivity contribution in [2.75, 3.05) is 51.1 Å². The van der Waals surface area contributed by atoms with Crippen molar-refractivity contribution in [3.63, 3.8) is 0 Å². The summed E-state index contributed by atoms with van der Waals surface area (Å²) < 4.78 is 43.8. The lowest BCUT2D eigenvalue weighted by atomic mass is 9.71. The number of piperidine rings is 1. The molecule has 3 heterocycles. The fraction of sp³-hybridized carbons (Fsp3) is 0.733. The Hall–Kier alpha value is -1.32. The van der Waals surface area contributed by atoms with Crippen molar-refractivity contribution in [1.29, 1.82) is 0 Å². The second kappa shape index (κ2) is 6.53. The molecule has 0 unspecified atom stereocenters. The largest absolute Gasteiger partial charge is 0.384 e. The fourth-order valence-corrected chi connectivity index (χ4v) is 4.80. The minimum atomic E-state index is -3.20. The van der Waals surface area contributed by atoms with E-state index in [1.807, 2.05) is 4.90 Å². The van der Waals surface area contributed by atoms with Gasteiger partial charge in [-0.05, 0) is 18.3 Å². The Kier molecular flexibility index (Phi) is 4.76. The highest BCUT2D eigenvalue weighted by Gasteiger charge is 2.50. The lowest BCUT2D eigenvalue weighted by Crippen LogP contribution is -2.46. The minimum Gasteiger partial charge on any atom is -0.384 e. The first-order chi connectivity index (χ1) is 11.3. The Morgan fingerprint density at radius 1 is 1.33 bits per heavy atom. The monoisotopic (exact) mass is 358 g/mol. The second-order valence-corrected chi connectivity index (χ2v) is 8.74. The molecule has 0 aliphatic carbocycles. The van der Waals surface area contributed by atoms with E-state index in [1.165, 1.54) is 18.6 Å². The van der Waals surface area contributed by atoms with E-state index in [4.69, 9.17) is 4.74 Å². The van der Waals surface area contributed by atoms with Gasteiger partial charge in [0, 0.05) is 39.2 Å². The summed E-state index contributed by atoms with van der Waals surface area (Å²) in [7, 11) is -1.55. The van der Waals surface area contributed by atoms with E-state index in [0.717, 1.165) is 25.9 Å². The SMILES string of the molecule is COC[C@H]1CN(S(C)(=O)=O)CC12CCN(c1ncc(F)cn1)CC2. The van der Waals surface area contributed by atoms with Crippen LogP contribution in [0.25, 0.3) is 0 Å². The Bertz CT molecular complexity index is 674. The normalized spacial score (nSPS) is 24.6. The van der Waals surface area contributed by atoms with Crippen molar-refractivity contribution < 1.29 is 17.5 Å². The molecule has 2 aliphatic heterocycles. The van der Waals surface area contributed by atoms with Crippen LogP contribution in [0.15, 0.2) is 12.4 Å². The molecule has 0 bridgehead atoms. The van der Waals surface area contributed by atoms with Crippen LogP contribution in [0.2, 0.25) is 0 Å². The van der Waals surface area contributed by atoms with E-state index in [1.54, 1.807) is 11.4 Å². The number of ether oxygens (including phenoxy) is 1. The summed E-state index contributed by atoms with van der Waals surface area (Å²) in [5, 5.41) is 0. The standard InChI is InChI=1S/C15H23FN4O3S/c1-23-10-12-9-20(24(2,21)22)11-15(12)3-5-19(6-4-15)14-17-7-13(16)8-18-14/h7-8,12H,3-6,9-11H2,1-2H3/t12-/m1/s1. The first-order valence-corrected chi connectivity index (χ1v) is 9.85. The molecule has 2 aliphatic rings. The van der Waals surface area contributed by atoms with Gasteiger partial charge in [0.1, 0.15) is 0 Å². The summed E-state index contributed by atoms with van der Waals surface area (Å²) >= 11 is 0. The lowest BCUT2D eigenvalue weighted by Gasteiger charge is -2.42. The zero-order chi connectivity index (χ0) is 17.4. The first kappa shape index (κ1) is 17.5. The van der Waals surface area contributed by atoms with E-state index in [-0.39, 0.29) is 11.3 Å². The summed E-state index contributed by atoms with van der Waals surface area (Å²) in [5.74, 6) is 0.257. The van der Waals surface area contributed by atoms with Crippen LogP contribution in [0.3, 0.4) is 0 Å². The predicted molar refractivity (Wildman–Crippen MR) is 87.7 cm³/mol. The van der Waals surface area contributed by atoms with E-state index >= 15 is 0 Å². The van der Waals surface area contributed by atoms with Gasteiger partial charge < -0.3 is 9.64 Å². The molecule has 1 spiro atoms. The van der Waals surface area contributed by atoms with E-state index < -0.39 is 15.8 Å². The average Bonchev–Trinajstić information content (AvgIpc) is 2.88. The van der Waals surface area contributed by atoms with Gasteiger partial charge >= 0.3 is 0 Å². The van der Waals surface area contributed by atoms with Crippen molar-refractivity contribution in [2.24, 2.45) is 11.3 Å². The highest BCUT2D eigenvalue weighted by atomic mass is 32.2. The van der Waals surface area contributed by atoms with Crippen molar-refractivity contribution in [2.45, 2.75) is 12.8 Å². The molecule has 0 saturated carbocycles. The molecule has 0 radical (unpaired) electrons. The third kappa shape index (κ3) is 3.38. The molecule has 1 aromatic rings. The fourth-order valence-electron chi connectivity index (χ4n) is 3.85. The maximum atomic E-state index is 13.0. The van der Waals surface area contributed by atoms with Crippen molar-refractivity contribution in [1.82, 2.24) is 14.3 Å². The van der Waals surface area contributed by atoms with E-state index in [2.05, 4.69) is 9.97 Å². The smallest absolute Gasteiger partial charge is 0.225 e. The van der Waals surface area contributed by atoms with Crippen LogP contribution in [-0.4, -0.2) is 68.8 Å². The van der Waals surface area contributed by atoms with Gasteiger partial charge in [-0.25, -0.2) is 27.1 Å². The van der Waals surface area contributed by atoms with Gasteiger partial charge in [-0.3, -0.25) is 0 Å². The van der Waals surface area contributed by atoms with Crippen molar-refractivity contribution >= 4 is 16.0 Å². The molecule has 134 valence electrons. The molecule has 1 aromatic heterocycles. The Morgan fingerprint density at radius 3 is 2.50 bits per heavy atom. The molecule has 3 rings (SSSR count). The predicted octanol–water partition coefficient (Wildman–Crippen LogP) is 0.740. The second-order valence-electron chi connectivity index (χ2n) is 6.76. The molecule has 1 atom stereocenters. The number of hydrogen-bond acceptors (Lipinski definition) is 6. The molecule has 9 heteroatoms. The summed E-state index contributed by atoms with van der Waals surface area (Å²) in [6, 6.07) is 0. The number of halogens is 1. The number of nitrogens with zero attached hydrogens (tertiary/aromatic N) is 4. The molecule has 0 N–H and O–H groups in total. The van der Waals surface area contributed by atoms with Crippen LogP contribution < -0.4 is 4.90 Å². The van der Waals surface area contributed by atoms with Gasteiger partial charge in [0.05, 0.1) is 25.3 Å². The third-order valence-electron chi connectivity index (χ3n) is 5.27. The van der Waals surface area contributed by atoms with Crippen LogP contribution in [-0.2, 0) is 14.8 Å². The molecule has 24 heavy (non-hydrogen) atoms. The number of rotatable bonds is 4. The topological polar surface area (TPSA) is 75.6 Å². The van der Waals surface area contributed by atoms with Gasteiger partial charge in [-0.2, -0.15) is 0 Å². The Morgan fingerprint density at radius 2 is 1.96 bits per heavy atom. The molecule has 2 fully saturated rings. The number of aromatic nitrogens is 2. The highest BCUT2D eigenvalue weighted by Crippen LogP contribution is 2.45. The third-order valence-corrected chi connectivity index (χ3v) is 6.48. The lowest BCUT2D eigenvalue weighted by molar-refractivity contribution is 0.0762. The summed E-state index contributed by atoms with van der Waals surface area (Å²) in [6.07, 6.45) is 5.28. The Balaban J connectivity index is 1.73. The van der Waals surface area contributed by atoms with Crippen LogP contribution in [0.1, 0.15) is 12.8 Å². The molecular weight excluding hydrogens is 335 g/mol. The van der Waals surface area contributed by atoms with E-state index in [0.29, 0.717) is 25.6 Å². The zero-order valence-electron chi connectivity index (χ0n) is 14.0. The zero-order valence-corrected chi connectivity index (χ0v) is 14.8. The summed E-state index contributed by atoms with van der Waals surface area (Å²) in [4.78, 5) is 10.1. The minimum absolute atomic E-state index is 0.0738. The number of hydrogen-bond donors (Lipinski definition) is 0. The summed E-state index contributed by atoms with van der Waals surface area (Å²) in [5.41, 5.74) is -0.0738. The molecule has 0 amide bonds. The number of anilines is 1. The van der Waals surface area contributed by atoms with Crippen LogP contribution in [0, 0.1) is 17.2 Å². The number of methoxy groups -OCH3 is 1. The van der Waals surface area contributed by atoms with Crippen LogP contribution in [0.5, 0.6) is 0 Å². The maximum Gasteiger partial charge on any atom is 0.225 e. The highest BCUT2D eigenvalue weighted by molar-refractivity contribution is 7.88. The molecule has 7 nitrogen and oxygen atoms in total. The van der Waals surface area contributed by atoms with Gasteiger partial charge in [-0.15, -0.1) is 0 Å². The Labute approximate surface area is 141 Å². The van der Waals surface area contributed by atoms with Crippen LogP contribution >= 0.6 is 0 Å². The average molecular weight is 358 g/mol. The van der Waals surface area contributed by atoms with Crippen LogP contribution in [0.4, 0.5) is 10.3 Å². The van der Waals surface area contributed by atoms with Crippen molar-refractivity contribution in [3.8, 4) is 0 Å².